The fraction of sp³-hybridized carbons (Fsp3) is 0.615. The third-order valence-corrected chi connectivity index (χ3v) is 6.70. The van der Waals surface area contributed by atoms with Gasteiger partial charge in [-0.25, -0.2) is 19.2 Å². The number of hydrazine groups is 1. The topological polar surface area (TPSA) is 88.3 Å². The Morgan fingerprint density at radius 1 is 1.48 bits per heavy atom. The molecule has 0 saturated carbocycles. The second kappa shape index (κ2) is 6.20. The van der Waals surface area contributed by atoms with E-state index in [0.717, 1.165) is 19.3 Å². The summed E-state index contributed by atoms with van der Waals surface area (Å²) in [5, 5.41) is 0. The number of nitrogens with one attached hydrogen (secondary N) is 1. The molecule has 1 aromatic rings. The highest BCUT2D eigenvalue weighted by molar-refractivity contribution is 9.10. The van der Waals surface area contributed by atoms with Crippen LogP contribution in [0.3, 0.4) is 0 Å². The first-order valence-corrected chi connectivity index (χ1v) is 9.18. The maximum absolute atomic E-state index is 12.8. The first-order chi connectivity index (χ1) is 9.82. The van der Waals surface area contributed by atoms with Gasteiger partial charge in [0, 0.05) is 23.8 Å². The number of nitrogen functional groups attached to an aromatic ring is 1. The number of nitrogens with two attached hydrogens (primary N) is 1. The second-order valence-corrected chi connectivity index (χ2v) is 8.53. The molecule has 0 bridgehead atoms. The zero-order valence-corrected chi connectivity index (χ0v) is 14.7. The lowest BCUT2D eigenvalue weighted by atomic mass is 9.79. The fourth-order valence-corrected chi connectivity index (χ4v) is 4.54. The summed E-state index contributed by atoms with van der Waals surface area (Å²) < 4.78 is 27.7. The number of rotatable bonds is 4. The highest BCUT2D eigenvalue weighted by Gasteiger charge is 2.35. The average molecular weight is 377 g/mol. The van der Waals surface area contributed by atoms with E-state index in [1.54, 1.807) is 0 Å². The summed E-state index contributed by atoms with van der Waals surface area (Å²) in [4.78, 5) is 4.12. The van der Waals surface area contributed by atoms with Gasteiger partial charge in [-0.3, -0.25) is 0 Å². The maximum atomic E-state index is 12.8. The van der Waals surface area contributed by atoms with Gasteiger partial charge >= 0.3 is 0 Å². The molecule has 2 rings (SSSR count). The summed E-state index contributed by atoms with van der Waals surface area (Å²) in [6, 6.07) is 1.53. The molecule has 1 aliphatic rings. The molecule has 1 aliphatic heterocycles. The van der Waals surface area contributed by atoms with Gasteiger partial charge < -0.3 is 5.43 Å². The Bertz CT molecular complexity index is 613. The number of nitrogens with zero attached hydrogens (tertiary/aromatic N) is 2. The van der Waals surface area contributed by atoms with Crippen LogP contribution in [0.5, 0.6) is 0 Å². The van der Waals surface area contributed by atoms with Crippen LogP contribution in [0.1, 0.15) is 33.1 Å². The van der Waals surface area contributed by atoms with Crippen molar-refractivity contribution in [1.29, 1.82) is 0 Å². The Labute approximate surface area is 134 Å². The molecule has 1 aromatic heterocycles. The van der Waals surface area contributed by atoms with Crippen LogP contribution in [-0.2, 0) is 10.0 Å². The van der Waals surface area contributed by atoms with Gasteiger partial charge in [-0.2, -0.15) is 4.31 Å². The third kappa shape index (κ3) is 3.39. The van der Waals surface area contributed by atoms with E-state index >= 15 is 0 Å². The number of anilines is 1. The van der Waals surface area contributed by atoms with E-state index in [1.807, 2.05) is 0 Å². The van der Waals surface area contributed by atoms with Crippen molar-refractivity contribution in [1.82, 2.24) is 9.29 Å². The SMILES string of the molecule is CCC1(C)CCN(S(=O)(=O)c2cc(Br)cnc2NN)CC1. The van der Waals surface area contributed by atoms with Crippen molar-refractivity contribution in [2.75, 3.05) is 18.5 Å². The zero-order valence-electron chi connectivity index (χ0n) is 12.3. The van der Waals surface area contributed by atoms with Crippen LogP contribution in [0.25, 0.3) is 0 Å². The lowest BCUT2D eigenvalue weighted by Crippen LogP contribution is -2.42. The molecule has 0 amide bonds. The van der Waals surface area contributed by atoms with Crippen LogP contribution >= 0.6 is 15.9 Å². The fourth-order valence-electron chi connectivity index (χ4n) is 2.48. The monoisotopic (exact) mass is 376 g/mol. The molecule has 6 nitrogen and oxygen atoms in total. The number of hydrogen-bond acceptors (Lipinski definition) is 5. The number of halogens is 1. The highest BCUT2D eigenvalue weighted by atomic mass is 79.9. The molecule has 0 atom stereocenters. The molecule has 0 aromatic carbocycles. The predicted molar refractivity (Wildman–Crippen MR) is 86.1 cm³/mol. The molecule has 118 valence electrons. The summed E-state index contributed by atoms with van der Waals surface area (Å²) in [6.45, 7) is 5.43. The number of aromatic nitrogens is 1. The van der Waals surface area contributed by atoms with Gasteiger partial charge in [0.15, 0.2) is 5.82 Å². The minimum atomic E-state index is -3.59. The van der Waals surface area contributed by atoms with Crippen molar-refractivity contribution in [2.45, 2.75) is 38.0 Å². The zero-order chi connectivity index (χ0) is 15.7. The van der Waals surface area contributed by atoms with Crippen molar-refractivity contribution >= 4 is 31.8 Å². The quantitative estimate of drug-likeness (QED) is 0.621. The van der Waals surface area contributed by atoms with Crippen LogP contribution in [0.15, 0.2) is 21.6 Å². The third-order valence-electron chi connectivity index (χ3n) is 4.36. The Kier molecular flexibility index (Phi) is 4.92. The minimum Gasteiger partial charge on any atom is -0.307 e. The van der Waals surface area contributed by atoms with Crippen molar-refractivity contribution in [2.24, 2.45) is 11.3 Å². The van der Waals surface area contributed by atoms with Crippen LogP contribution in [0.4, 0.5) is 5.82 Å². The Morgan fingerprint density at radius 3 is 2.62 bits per heavy atom. The first kappa shape index (κ1) is 16.7. The van der Waals surface area contributed by atoms with Gasteiger partial charge in [0.1, 0.15) is 4.90 Å². The van der Waals surface area contributed by atoms with E-state index in [0.29, 0.717) is 17.6 Å². The molecule has 1 saturated heterocycles. The molecular weight excluding hydrogens is 356 g/mol. The van der Waals surface area contributed by atoms with Crippen molar-refractivity contribution in [3.63, 3.8) is 0 Å². The molecule has 0 unspecified atom stereocenters. The maximum Gasteiger partial charge on any atom is 0.246 e. The van der Waals surface area contributed by atoms with Crippen LogP contribution < -0.4 is 11.3 Å². The molecule has 8 heteroatoms. The van der Waals surface area contributed by atoms with Crippen molar-refractivity contribution < 1.29 is 8.42 Å². The summed E-state index contributed by atoms with van der Waals surface area (Å²) >= 11 is 3.26. The lowest BCUT2D eigenvalue weighted by Gasteiger charge is -2.38. The normalized spacial score (nSPS) is 19.4. The molecule has 21 heavy (non-hydrogen) atoms. The smallest absolute Gasteiger partial charge is 0.246 e. The van der Waals surface area contributed by atoms with E-state index < -0.39 is 10.0 Å². The number of sulfonamides is 1. The Balaban J connectivity index is 2.30. The molecule has 3 N–H and O–H groups in total. The first-order valence-electron chi connectivity index (χ1n) is 6.95. The lowest BCUT2D eigenvalue weighted by molar-refractivity contribution is 0.169. The molecule has 0 aliphatic carbocycles. The van der Waals surface area contributed by atoms with Gasteiger partial charge in [-0.05, 0) is 40.3 Å². The Morgan fingerprint density at radius 2 is 2.10 bits per heavy atom. The van der Waals surface area contributed by atoms with Crippen LogP contribution in [0.2, 0.25) is 0 Å². The summed E-state index contributed by atoms with van der Waals surface area (Å²) in [5.74, 6) is 5.55. The van der Waals surface area contributed by atoms with Gasteiger partial charge in [-0.1, -0.05) is 20.3 Å². The number of piperidine rings is 1. The second-order valence-electron chi connectivity index (χ2n) is 5.71. The van der Waals surface area contributed by atoms with Gasteiger partial charge in [0.2, 0.25) is 10.0 Å². The molecule has 2 heterocycles. The summed E-state index contributed by atoms with van der Waals surface area (Å²) in [5.41, 5.74) is 2.59. The average Bonchev–Trinajstić information content (AvgIpc) is 2.47. The molecule has 0 spiro atoms. The van der Waals surface area contributed by atoms with Crippen LogP contribution in [-0.4, -0.2) is 30.8 Å². The Hall–Kier alpha value is -0.700. The van der Waals surface area contributed by atoms with E-state index in [1.165, 1.54) is 16.6 Å². The summed E-state index contributed by atoms with van der Waals surface area (Å²) in [7, 11) is -3.59. The number of hydrogen-bond donors (Lipinski definition) is 2. The van der Waals surface area contributed by atoms with E-state index in [9.17, 15) is 8.42 Å². The van der Waals surface area contributed by atoms with E-state index in [4.69, 9.17) is 5.84 Å². The van der Waals surface area contributed by atoms with Gasteiger partial charge in [-0.15, -0.1) is 0 Å². The number of pyridine rings is 1. The minimum absolute atomic E-state index is 0.111. The van der Waals surface area contributed by atoms with Gasteiger partial charge in [0.25, 0.3) is 0 Å². The van der Waals surface area contributed by atoms with Crippen LogP contribution in [0, 0.1) is 5.41 Å². The largest absolute Gasteiger partial charge is 0.307 e. The van der Waals surface area contributed by atoms with E-state index in [-0.39, 0.29) is 16.1 Å². The molecule has 1 fully saturated rings. The molecular formula is C13H21BrN4O2S. The molecule has 0 radical (unpaired) electrons. The summed E-state index contributed by atoms with van der Waals surface area (Å²) in [6.07, 6.45) is 4.32. The van der Waals surface area contributed by atoms with Crippen molar-refractivity contribution in [3.8, 4) is 0 Å². The van der Waals surface area contributed by atoms with Crippen molar-refractivity contribution in [3.05, 3.63) is 16.7 Å². The van der Waals surface area contributed by atoms with E-state index in [2.05, 4.69) is 40.2 Å². The van der Waals surface area contributed by atoms with Gasteiger partial charge in [0.05, 0.1) is 0 Å². The highest BCUT2D eigenvalue weighted by Crippen LogP contribution is 2.36. The predicted octanol–water partition coefficient (Wildman–Crippen LogP) is 2.33. The standard InChI is InChI=1S/C13H21BrN4O2S/c1-3-13(2)4-6-18(7-5-13)21(19,20)11-8-10(14)9-16-12(11)17-15/h8-9H,3-7,15H2,1-2H3,(H,16,17).